The van der Waals surface area contributed by atoms with Gasteiger partial charge in [-0.2, -0.15) is 0 Å². The fourth-order valence-corrected chi connectivity index (χ4v) is 6.46. The third-order valence-electron chi connectivity index (χ3n) is 8.71. The lowest BCUT2D eigenvalue weighted by atomic mass is 9.72. The lowest BCUT2D eigenvalue weighted by Crippen LogP contribution is -2.46. The predicted octanol–water partition coefficient (Wildman–Crippen LogP) is 8.16. The molecule has 7 heteroatoms. The number of piperidine rings is 1. The number of aromatic amines is 1. The SMILES string of the molecule is CC1(C)CCC(CN2CCC(c3ccc(C(=O)O)cc3)CC2Oc2cnc3[nH]ccc3c2)=C(c2ccc(Cl)cc2)C1. The van der Waals surface area contributed by atoms with Crippen molar-refractivity contribution in [1.29, 1.82) is 0 Å². The summed E-state index contributed by atoms with van der Waals surface area (Å²) >= 11 is 6.24. The summed E-state index contributed by atoms with van der Waals surface area (Å²) in [6, 6.07) is 19.7. The topological polar surface area (TPSA) is 78.5 Å². The van der Waals surface area contributed by atoms with Crippen LogP contribution in [0.15, 0.2) is 78.6 Å². The van der Waals surface area contributed by atoms with Crippen LogP contribution in [0.3, 0.4) is 0 Å². The quantitative estimate of drug-likeness (QED) is 0.235. The number of benzene rings is 2. The molecule has 2 atom stereocenters. The Morgan fingerprint density at radius 3 is 2.68 bits per heavy atom. The van der Waals surface area contributed by atoms with Gasteiger partial charge in [-0.05, 0) is 90.1 Å². The maximum atomic E-state index is 11.4. The number of fused-ring (bicyclic) bond motifs is 1. The largest absolute Gasteiger partial charge is 0.478 e. The van der Waals surface area contributed by atoms with E-state index in [1.54, 1.807) is 18.3 Å². The number of ether oxygens (including phenoxy) is 1. The number of aromatic carboxylic acids is 1. The van der Waals surface area contributed by atoms with Crippen LogP contribution in [0.1, 0.15) is 73.4 Å². The second-order valence-corrected chi connectivity index (χ2v) is 12.6. The first kappa shape index (κ1) is 27.6. The van der Waals surface area contributed by atoms with Crippen molar-refractivity contribution in [2.24, 2.45) is 5.41 Å². The minimum atomic E-state index is -0.902. The summed E-state index contributed by atoms with van der Waals surface area (Å²) in [5, 5.41) is 11.1. The fraction of sp³-hybridized carbons (Fsp3) is 0.353. The number of hydrogen-bond donors (Lipinski definition) is 2. The van der Waals surface area contributed by atoms with Crippen LogP contribution in [-0.2, 0) is 0 Å². The molecule has 0 spiro atoms. The van der Waals surface area contributed by atoms with Crippen LogP contribution in [0.5, 0.6) is 5.75 Å². The van der Waals surface area contributed by atoms with E-state index in [9.17, 15) is 9.90 Å². The Bertz CT molecular complexity index is 1570. The molecule has 2 aromatic carbocycles. The van der Waals surface area contributed by atoms with Crippen molar-refractivity contribution >= 4 is 34.2 Å². The molecular weight excluding hydrogens is 534 g/mol. The average molecular weight is 570 g/mol. The Morgan fingerprint density at radius 1 is 1.15 bits per heavy atom. The van der Waals surface area contributed by atoms with Crippen LogP contribution in [0.2, 0.25) is 5.02 Å². The normalized spacial score (nSPS) is 21.2. The highest BCUT2D eigenvalue weighted by atomic mass is 35.5. The number of H-pyrrole nitrogens is 1. The van der Waals surface area contributed by atoms with E-state index >= 15 is 0 Å². The van der Waals surface area contributed by atoms with Crippen LogP contribution < -0.4 is 4.74 Å². The molecule has 212 valence electrons. The molecule has 0 saturated carbocycles. The Labute approximate surface area is 246 Å². The summed E-state index contributed by atoms with van der Waals surface area (Å²) in [5.41, 5.74) is 6.72. The molecule has 0 amide bonds. The van der Waals surface area contributed by atoms with Gasteiger partial charge in [0.1, 0.15) is 11.4 Å². The number of nitrogens with one attached hydrogen (secondary N) is 1. The monoisotopic (exact) mass is 569 g/mol. The Balaban J connectivity index is 1.30. The van der Waals surface area contributed by atoms with E-state index in [-0.39, 0.29) is 17.6 Å². The van der Waals surface area contributed by atoms with Crippen molar-refractivity contribution in [3.63, 3.8) is 0 Å². The van der Waals surface area contributed by atoms with E-state index in [4.69, 9.17) is 16.3 Å². The van der Waals surface area contributed by atoms with Gasteiger partial charge in [-0.1, -0.05) is 55.3 Å². The molecule has 3 heterocycles. The summed E-state index contributed by atoms with van der Waals surface area (Å²) < 4.78 is 6.71. The van der Waals surface area contributed by atoms with Gasteiger partial charge in [0.05, 0.1) is 11.8 Å². The highest BCUT2D eigenvalue weighted by molar-refractivity contribution is 6.30. The van der Waals surface area contributed by atoms with Crippen LogP contribution >= 0.6 is 11.6 Å². The highest BCUT2D eigenvalue weighted by Crippen LogP contribution is 2.44. The van der Waals surface area contributed by atoms with Gasteiger partial charge in [0, 0.05) is 36.1 Å². The van der Waals surface area contributed by atoms with Gasteiger partial charge in [0.2, 0.25) is 0 Å². The Kier molecular flexibility index (Phi) is 7.62. The number of nitrogens with zero attached hydrogens (tertiary/aromatic N) is 2. The molecule has 2 aromatic heterocycles. The number of likely N-dealkylation sites (tertiary alicyclic amines) is 1. The molecule has 6 nitrogen and oxygen atoms in total. The second-order valence-electron chi connectivity index (χ2n) is 12.2. The van der Waals surface area contributed by atoms with Crippen molar-refractivity contribution in [2.45, 2.75) is 58.1 Å². The molecule has 1 saturated heterocycles. The molecule has 2 aliphatic rings. The van der Waals surface area contributed by atoms with Crippen molar-refractivity contribution in [2.75, 3.05) is 13.1 Å². The third kappa shape index (κ3) is 6.19. The number of carboxylic acid groups (broad SMARTS) is 1. The van der Waals surface area contributed by atoms with Crippen molar-refractivity contribution in [3.05, 3.63) is 100 Å². The number of pyridine rings is 1. The molecule has 2 unspecified atom stereocenters. The number of halogens is 1. The Hall–Kier alpha value is -3.61. The van der Waals surface area contributed by atoms with Crippen molar-refractivity contribution in [3.8, 4) is 5.75 Å². The minimum absolute atomic E-state index is 0.139. The summed E-state index contributed by atoms with van der Waals surface area (Å²) in [7, 11) is 0. The molecule has 1 aliphatic carbocycles. The molecule has 0 bridgehead atoms. The van der Waals surface area contributed by atoms with Gasteiger partial charge in [-0.25, -0.2) is 9.78 Å². The van der Waals surface area contributed by atoms with E-state index in [2.05, 4.69) is 40.8 Å². The smallest absolute Gasteiger partial charge is 0.335 e. The van der Waals surface area contributed by atoms with Crippen molar-refractivity contribution < 1.29 is 14.6 Å². The average Bonchev–Trinajstić information content (AvgIpc) is 3.43. The number of aromatic nitrogens is 2. The lowest BCUT2D eigenvalue weighted by Gasteiger charge is -2.42. The molecule has 1 fully saturated rings. The zero-order valence-electron chi connectivity index (χ0n) is 23.6. The van der Waals surface area contributed by atoms with Gasteiger partial charge in [0.25, 0.3) is 0 Å². The first-order chi connectivity index (χ1) is 19.7. The summed E-state index contributed by atoms with van der Waals surface area (Å²) in [5.74, 6) is 0.129. The fourth-order valence-electron chi connectivity index (χ4n) is 6.33. The third-order valence-corrected chi connectivity index (χ3v) is 8.96. The first-order valence-electron chi connectivity index (χ1n) is 14.4. The van der Waals surface area contributed by atoms with E-state index in [0.717, 1.165) is 72.6 Å². The van der Waals surface area contributed by atoms with Crippen LogP contribution in [0.25, 0.3) is 16.6 Å². The standard InChI is InChI=1S/C34H36ClN3O3/c1-34(2)14-11-27(30(19-34)23-7-9-28(35)10-8-23)21-38-16-13-25(22-3-5-24(6-4-22)33(39)40)18-31(38)41-29-17-26-12-15-36-32(26)37-20-29/h3-10,12,15,17,20,25,31H,11,13-14,16,18-19,21H2,1-2H3,(H,36,37)(H,39,40). The van der Waals surface area contributed by atoms with E-state index in [0.29, 0.717) is 5.56 Å². The minimum Gasteiger partial charge on any atom is -0.478 e. The number of hydrogen-bond acceptors (Lipinski definition) is 4. The molecular formula is C34H36ClN3O3. The van der Waals surface area contributed by atoms with E-state index < -0.39 is 5.97 Å². The van der Waals surface area contributed by atoms with Crippen LogP contribution in [0, 0.1) is 5.41 Å². The summed E-state index contributed by atoms with van der Waals surface area (Å²) in [6.07, 6.45) is 8.60. The number of carboxylic acids is 1. The number of rotatable bonds is 7. The van der Waals surface area contributed by atoms with Gasteiger partial charge < -0.3 is 14.8 Å². The van der Waals surface area contributed by atoms with Crippen molar-refractivity contribution in [1.82, 2.24) is 14.9 Å². The molecule has 6 rings (SSSR count). The number of allylic oxidation sites excluding steroid dienone is 1. The second kappa shape index (κ2) is 11.3. The molecule has 1 aliphatic heterocycles. The maximum absolute atomic E-state index is 11.4. The lowest BCUT2D eigenvalue weighted by molar-refractivity contribution is -0.00610. The summed E-state index contributed by atoms with van der Waals surface area (Å²) in [4.78, 5) is 21.6. The van der Waals surface area contributed by atoms with E-state index in [1.165, 1.54) is 16.7 Å². The molecule has 4 aromatic rings. The van der Waals surface area contributed by atoms with Gasteiger partial charge in [-0.15, -0.1) is 0 Å². The van der Waals surface area contributed by atoms with Crippen LogP contribution in [0.4, 0.5) is 0 Å². The van der Waals surface area contributed by atoms with Gasteiger partial charge in [-0.3, -0.25) is 4.90 Å². The first-order valence-corrected chi connectivity index (χ1v) is 14.8. The molecule has 2 N–H and O–H groups in total. The van der Waals surface area contributed by atoms with Gasteiger partial charge in [0.15, 0.2) is 6.23 Å². The summed E-state index contributed by atoms with van der Waals surface area (Å²) in [6.45, 7) is 6.45. The number of carbonyl (C=O) groups is 1. The maximum Gasteiger partial charge on any atom is 0.335 e. The molecule has 41 heavy (non-hydrogen) atoms. The van der Waals surface area contributed by atoms with Gasteiger partial charge >= 0.3 is 5.97 Å². The van der Waals surface area contributed by atoms with E-state index in [1.807, 2.05) is 42.6 Å². The Morgan fingerprint density at radius 2 is 1.93 bits per heavy atom. The zero-order chi connectivity index (χ0) is 28.6. The highest BCUT2D eigenvalue weighted by Gasteiger charge is 2.34. The van der Waals surface area contributed by atoms with Crippen LogP contribution in [-0.4, -0.2) is 45.3 Å². The zero-order valence-corrected chi connectivity index (χ0v) is 24.3. The molecule has 0 radical (unpaired) electrons. The predicted molar refractivity (Wildman–Crippen MR) is 163 cm³/mol.